The van der Waals surface area contributed by atoms with E-state index in [0.29, 0.717) is 5.92 Å². The lowest BCUT2D eigenvalue weighted by Gasteiger charge is -2.08. The van der Waals surface area contributed by atoms with Crippen LogP contribution in [0.15, 0.2) is 18.3 Å². The number of rotatable bonds is 1. The lowest BCUT2D eigenvalue weighted by Crippen LogP contribution is -1.90. The molecule has 1 heterocycles. The number of aromatic nitrogens is 1. The maximum Gasteiger partial charge on any atom is 0.0552 e. The number of benzene rings is 1. The number of nitrogens with zero attached hydrogens (tertiary/aromatic N) is 1. The Balaban J connectivity index is 2.69. The molecule has 0 amide bonds. The van der Waals surface area contributed by atoms with Gasteiger partial charge in [0.2, 0.25) is 0 Å². The Morgan fingerprint density at radius 2 is 2.08 bits per heavy atom. The molecule has 0 fully saturated rings. The Morgan fingerprint density at radius 3 is 2.77 bits per heavy atom. The van der Waals surface area contributed by atoms with Crippen molar-refractivity contribution in [1.29, 1.82) is 0 Å². The quantitative estimate of drug-likeness (QED) is 0.669. The van der Waals surface area contributed by atoms with Crippen LogP contribution in [0.2, 0.25) is 0 Å². The van der Waals surface area contributed by atoms with Crippen LogP contribution >= 0.6 is 11.5 Å². The Hall–Kier alpha value is -0.890. The summed E-state index contributed by atoms with van der Waals surface area (Å²) in [5, 5.41) is 1.28. The molecular formula is C11H13NS. The van der Waals surface area contributed by atoms with Gasteiger partial charge >= 0.3 is 0 Å². The molecule has 2 rings (SSSR count). The molecule has 0 aliphatic heterocycles. The third-order valence-electron chi connectivity index (χ3n) is 2.36. The zero-order valence-electron chi connectivity index (χ0n) is 8.16. The second kappa shape index (κ2) is 3.11. The topological polar surface area (TPSA) is 12.9 Å². The zero-order chi connectivity index (χ0) is 9.42. The van der Waals surface area contributed by atoms with Crippen LogP contribution in [0.25, 0.3) is 10.1 Å². The van der Waals surface area contributed by atoms with Crippen LogP contribution in [-0.2, 0) is 0 Å². The van der Waals surface area contributed by atoms with Crippen molar-refractivity contribution < 1.29 is 0 Å². The Bertz CT molecular complexity index is 429. The Kier molecular flexibility index (Phi) is 2.08. The summed E-state index contributed by atoms with van der Waals surface area (Å²) in [6.07, 6.45) is 1.95. The minimum atomic E-state index is 0.601. The maximum absolute atomic E-state index is 4.18. The first-order chi connectivity index (χ1) is 6.18. The van der Waals surface area contributed by atoms with E-state index in [4.69, 9.17) is 0 Å². The normalized spacial score (nSPS) is 11.4. The van der Waals surface area contributed by atoms with Crippen molar-refractivity contribution in [2.45, 2.75) is 26.7 Å². The average molecular weight is 191 g/mol. The van der Waals surface area contributed by atoms with E-state index in [2.05, 4.69) is 37.3 Å². The van der Waals surface area contributed by atoms with Crippen molar-refractivity contribution in [3.05, 3.63) is 29.5 Å². The molecule has 0 saturated carbocycles. The minimum Gasteiger partial charge on any atom is -0.200 e. The van der Waals surface area contributed by atoms with Gasteiger partial charge in [0.1, 0.15) is 0 Å². The van der Waals surface area contributed by atoms with E-state index in [-0.39, 0.29) is 0 Å². The van der Waals surface area contributed by atoms with E-state index in [0.717, 1.165) is 0 Å². The van der Waals surface area contributed by atoms with E-state index in [1.54, 1.807) is 11.5 Å². The van der Waals surface area contributed by atoms with Gasteiger partial charge < -0.3 is 0 Å². The van der Waals surface area contributed by atoms with Gasteiger partial charge in [0.25, 0.3) is 0 Å². The standard InChI is InChI=1S/C11H13NS/c1-7(2)10-5-9-6-12-13-11(9)4-8(10)3/h4-7H,1-3H3. The molecule has 0 N–H and O–H groups in total. The fourth-order valence-corrected chi connectivity index (χ4v) is 2.38. The number of hydrogen-bond donors (Lipinski definition) is 0. The minimum absolute atomic E-state index is 0.601. The van der Waals surface area contributed by atoms with Gasteiger partial charge in [-0.05, 0) is 47.6 Å². The predicted octanol–water partition coefficient (Wildman–Crippen LogP) is 3.73. The highest BCUT2D eigenvalue weighted by Crippen LogP contribution is 2.26. The van der Waals surface area contributed by atoms with Gasteiger partial charge in [0.05, 0.1) is 4.70 Å². The van der Waals surface area contributed by atoms with Crippen molar-refractivity contribution in [1.82, 2.24) is 4.37 Å². The van der Waals surface area contributed by atoms with Gasteiger partial charge in [-0.3, -0.25) is 0 Å². The van der Waals surface area contributed by atoms with Crippen LogP contribution in [0.3, 0.4) is 0 Å². The molecule has 1 aromatic carbocycles. The summed E-state index contributed by atoms with van der Waals surface area (Å²) in [6, 6.07) is 4.50. The first kappa shape index (κ1) is 8.70. The molecule has 0 atom stereocenters. The Morgan fingerprint density at radius 1 is 1.31 bits per heavy atom. The van der Waals surface area contributed by atoms with Crippen molar-refractivity contribution in [2.24, 2.45) is 0 Å². The monoisotopic (exact) mass is 191 g/mol. The lowest BCUT2D eigenvalue weighted by atomic mass is 9.97. The lowest BCUT2D eigenvalue weighted by molar-refractivity contribution is 0.859. The third-order valence-corrected chi connectivity index (χ3v) is 3.12. The van der Waals surface area contributed by atoms with Gasteiger partial charge in [-0.15, -0.1) is 0 Å². The number of hydrogen-bond acceptors (Lipinski definition) is 2. The number of aryl methyl sites for hydroxylation is 1. The number of fused-ring (bicyclic) bond motifs is 1. The average Bonchev–Trinajstić information content (AvgIpc) is 2.48. The molecule has 0 unspecified atom stereocenters. The fraction of sp³-hybridized carbons (Fsp3) is 0.364. The van der Waals surface area contributed by atoms with E-state index >= 15 is 0 Å². The molecule has 0 bridgehead atoms. The molecule has 68 valence electrons. The van der Waals surface area contributed by atoms with E-state index < -0.39 is 0 Å². The highest BCUT2D eigenvalue weighted by molar-refractivity contribution is 7.13. The fourth-order valence-electron chi connectivity index (χ4n) is 1.66. The molecule has 1 nitrogen and oxygen atoms in total. The van der Waals surface area contributed by atoms with Crippen LogP contribution < -0.4 is 0 Å². The molecule has 0 aliphatic rings. The molecule has 2 heteroatoms. The van der Waals surface area contributed by atoms with Crippen LogP contribution in [-0.4, -0.2) is 4.37 Å². The highest BCUT2D eigenvalue weighted by Gasteiger charge is 2.05. The van der Waals surface area contributed by atoms with Crippen molar-refractivity contribution in [2.75, 3.05) is 0 Å². The van der Waals surface area contributed by atoms with Crippen molar-refractivity contribution >= 4 is 21.6 Å². The molecule has 0 aliphatic carbocycles. The Labute approximate surface area is 82.6 Å². The summed E-state index contributed by atoms with van der Waals surface area (Å²) in [5.74, 6) is 0.601. The van der Waals surface area contributed by atoms with Gasteiger partial charge in [-0.25, -0.2) is 0 Å². The van der Waals surface area contributed by atoms with Gasteiger partial charge in [0, 0.05) is 11.6 Å². The molecule has 0 spiro atoms. The first-order valence-electron chi connectivity index (χ1n) is 4.53. The van der Waals surface area contributed by atoms with Gasteiger partial charge in [-0.2, -0.15) is 4.37 Å². The molecule has 0 saturated heterocycles. The first-order valence-corrected chi connectivity index (χ1v) is 5.31. The summed E-state index contributed by atoms with van der Waals surface area (Å²) < 4.78 is 5.48. The third kappa shape index (κ3) is 1.46. The van der Waals surface area contributed by atoms with Crippen molar-refractivity contribution in [3.63, 3.8) is 0 Å². The maximum atomic E-state index is 4.18. The summed E-state index contributed by atoms with van der Waals surface area (Å²) in [7, 11) is 0. The van der Waals surface area contributed by atoms with Gasteiger partial charge in [-0.1, -0.05) is 13.8 Å². The second-order valence-electron chi connectivity index (χ2n) is 3.73. The molecule has 1 aromatic heterocycles. The largest absolute Gasteiger partial charge is 0.200 e. The predicted molar refractivity (Wildman–Crippen MR) is 58.4 cm³/mol. The SMILES string of the molecule is Cc1cc2sncc2cc1C(C)C. The zero-order valence-corrected chi connectivity index (χ0v) is 8.98. The van der Waals surface area contributed by atoms with Gasteiger partial charge in [0.15, 0.2) is 0 Å². The summed E-state index contributed by atoms with van der Waals surface area (Å²) in [5.41, 5.74) is 2.82. The smallest absolute Gasteiger partial charge is 0.0552 e. The van der Waals surface area contributed by atoms with Crippen molar-refractivity contribution in [3.8, 4) is 0 Å². The van der Waals surface area contributed by atoms with E-state index in [1.807, 2.05) is 6.20 Å². The van der Waals surface area contributed by atoms with Crippen LogP contribution in [0.5, 0.6) is 0 Å². The van der Waals surface area contributed by atoms with E-state index in [9.17, 15) is 0 Å². The summed E-state index contributed by atoms with van der Waals surface area (Å²) in [6.45, 7) is 6.64. The summed E-state index contributed by atoms with van der Waals surface area (Å²) in [4.78, 5) is 0. The molecule has 2 aromatic rings. The highest BCUT2D eigenvalue weighted by atomic mass is 32.1. The van der Waals surface area contributed by atoms with E-state index in [1.165, 1.54) is 21.2 Å². The summed E-state index contributed by atoms with van der Waals surface area (Å²) >= 11 is 1.57. The van der Waals surface area contributed by atoms with Crippen LogP contribution in [0, 0.1) is 6.92 Å². The second-order valence-corrected chi connectivity index (χ2v) is 4.56. The molecule has 13 heavy (non-hydrogen) atoms. The molecule has 0 radical (unpaired) electrons. The van der Waals surface area contributed by atoms with Crippen LogP contribution in [0.4, 0.5) is 0 Å². The molecular weight excluding hydrogens is 178 g/mol. The van der Waals surface area contributed by atoms with Crippen LogP contribution in [0.1, 0.15) is 30.9 Å².